The van der Waals surface area contributed by atoms with E-state index in [4.69, 9.17) is 0 Å². The Morgan fingerprint density at radius 3 is 2.60 bits per heavy atom. The monoisotopic (exact) mass is 343 g/mol. The molecule has 1 aromatic carbocycles. The number of hydrogen-bond acceptors (Lipinski definition) is 3. The van der Waals surface area contributed by atoms with Crippen molar-refractivity contribution < 1.29 is 9.59 Å². The molecule has 25 heavy (non-hydrogen) atoms. The molecule has 2 fully saturated rings. The van der Waals surface area contributed by atoms with Gasteiger partial charge in [-0.2, -0.15) is 0 Å². The van der Waals surface area contributed by atoms with Gasteiger partial charge in [0.2, 0.25) is 5.91 Å². The Morgan fingerprint density at radius 1 is 1.24 bits per heavy atom. The number of para-hydroxylation sites is 1. The van der Waals surface area contributed by atoms with Crippen molar-refractivity contribution in [2.45, 2.75) is 32.6 Å². The van der Waals surface area contributed by atoms with Crippen molar-refractivity contribution in [1.29, 1.82) is 0 Å². The van der Waals surface area contributed by atoms with Crippen molar-refractivity contribution in [1.82, 2.24) is 10.2 Å². The van der Waals surface area contributed by atoms with E-state index in [1.807, 2.05) is 18.2 Å². The first-order valence-corrected chi connectivity index (χ1v) is 9.43. The second-order valence-corrected chi connectivity index (χ2v) is 7.51. The molecular formula is C20H29N3O2. The summed E-state index contributed by atoms with van der Waals surface area (Å²) in [7, 11) is 1.77. The van der Waals surface area contributed by atoms with E-state index in [0.717, 1.165) is 19.4 Å². The van der Waals surface area contributed by atoms with Crippen molar-refractivity contribution in [3.05, 3.63) is 29.8 Å². The molecule has 1 saturated carbocycles. The van der Waals surface area contributed by atoms with Gasteiger partial charge in [0.15, 0.2) is 0 Å². The van der Waals surface area contributed by atoms with Crippen LogP contribution in [-0.4, -0.2) is 49.9 Å². The van der Waals surface area contributed by atoms with Crippen LogP contribution >= 0.6 is 0 Å². The molecular weight excluding hydrogens is 314 g/mol. The number of carbonyl (C=O) groups is 2. The fourth-order valence-electron chi connectivity index (χ4n) is 3.51. The van der Waals surface area contributed by atoms with E-state index in [1.54, 1.807) is 18.0 Å². The summed E-state index contributed by atoms with van der Waals surface area (Å²) >= 11 is 0. The highest BCUT2D eigenvalue weighted by molar-refractivity contribution is 6.05. The van der Waals surface area contributed by atoms with Crippen LogP contribution in [0.1, 0.15) is 43.0 Å². The zero-order valence-electron chi connectivity index (χ0n) is 15.3. The summed E-state index contributed by atoms with van der Waals surface area (Å²) in [5, 5.41) is 3.05. The lowest BCUT2D eigenvalue weighted by Crippen LogP contribution is -2.36. The molecule has 0 radical (unpaired) electrons. The van der Waals surface area contributed by atoms with E-state index in [2.05, 4.69) is 17.1 Å². The van der Waals surface area contributed by atoms with Crippen molar-refractivity contribution in [2.75, 3.05) is 38.1 Å². The summed E-state index contributed by atoms with van der Waals surface area (Å²) in [5.74, 6) is 0.573. The van der Waals surface area contributed by atoms with Crippen LogP contribution in [0.15, 0.2) is 24.3 Å². The second-order valence-electron chi connectivity index (χ2n) is 7.51. The lowest BCUT2D eigenvalue weighted by Gasteiger charge is -2.22. The minimum atomic E-state index is -0.0979. The molecule has 0 aromatic heterocycles. The van der Waals surface area contributed by atoms with Crippen molar-refractivity contribution in [3.8, 4) is 0 Å². The number of nitrogens with one attached hydrogen (secondary N) is 1. The fourth-order valence-corrected chi connectivity index (χ4v) is 3.51. The van der Waals surface area contributed by atoms with E-state index in [9.17, 15) is 9.59 Å². The molecule has 3 rings (SSSR count). The molecule has 2 aliphatic rings. The third-order valence-corrected chi connectivity index (χ3v) is 5.15. The van der Waals surface area contributed by atoms with E-state index in [-0.39, 0.29) is 17.7 Å². The molecule has 0 spiro atoms. The molecule has 1 saturated heterocycles. The normalized spacial score (nSPS) is 18.8. The number of likely N-dealkylation sites (tertiary alicyclic amines) is 1. The average molecular weight is 343 g/mol. The van der Waals surface area contributed by atoms with Gasteiger partial charge in [-0.3, -0.25) is 9.59 Å². The Bertz CT molecular complexity index is 621. The highest BCUT2D eigenvalue weighted by Gasteiger charge is 2.33. The van der Waals surface area contributed by atoms with Crippen LogP contribution in [-0.2, 0) is 4.79 Å². The van der Waals surface area contributed by atoms with Gasteiger partial charge in [-0.1, -0.05) is 19.1 Å². The summed E-state index contributed by atoms with van der Waals surface area (Å²) in [6, 6.07) is 7.37. The molecule has 1 atom stereocenters. The van der Waals surface area contributed by atoms with Crippen molar-refractivity contribution >= 4 is 17.5 Å². The van der Waals surface area contributed by atoms with E-state index in [1.165, 1.54) is 25.9 Å². The third kappa shape index (κ3) is 4.60. The van der Waals surface area contributed by atoms with Crippen molar-refractivity contribution in [3.63, 3.8) is 0 Å². The fraction of sp³-hybridized carbons (Fsp3) is 0.600. The molecule has 2 amide bonds. The number of nitrogens with zero attached hydrogens (tertiary/aromatic N) is 2. The summed E-state index contributed by atoms with van der Waals surface area (Å²) in [5.41, 5.74) is 1.27. The van der Waals surface area contributed by atoms with Crippen LogP contribution in [0.3, 0.4) is 0 Å². The van der Waals surface area contributed by atoms with Gasteiger partial charge in [0, 0.05) is 26.1 Å². The first-order chi connectivity index (χ1) is 12.1. The van der Waals surface area contributed by atoms with Gasteiger partial charge in [-0.15, -0.1) is 0 Å². The second kappa shape index (κ2) is 8.00. The maximum atomic E-state index is 12.7. The topological polar surface area (TPSA) is 52.7 Å². The third-order valence-electron chi connectivity index (χ3n) is 5.15. The molecule has 136 valence electrons. The Balaban J connectivity index is 1.58. The minimum absolute atomic E-state index is 0.0979. The quantitative estimate of drug-likeness (QED) is 0.828. The van der Waals surface area contributed by atoms with Gasteiger partial charge in [0.1, 0.15) is 0 Å². The first-order valence-electron chi connectivity index (χ1n) is 9.43. The highest BCUT2D eigenvalue weighted by atomic mass is 16.2. The number of amides is 2. The summed E-state index contributed by atoms with van der Waals surface area (Å²) in [4.78, 5) is 29.1. The average Bonchev–Trinajstić information content (AvgIpc) is 3.36. The Hall–Kier alpha value is -1.88. The van der Waals surface area contributed by atoms with Gasteiger partial charge >= 0.3 is 0 Å². The molecule has 1 aliphatic carbocycles. The van der Waals surface area contributed by atoms with Crippen LogP contribution in [0, 0.1) is 11.8 Å². The standard InChI is InChI=1S/C20H29N3O2/c1-15(14-23-11-5-6-12-23)13-21-19(24)17-7-3-4-8-18(17)22(2)20(25)16-9-10-16/h3-4,7-8,15-16H,5-6,9-14H2,1-2H3,(H,21,24). The van der Waals surface area contributed by atoms with Crippen molar-refractivity contribution in [2.24, 2.45) is 11.8 Å². The number of carbonyl (C=O) groups excluding carboxylic acids is 2. The van der Waals surface area contributed by atoms with E-state index < -0.39 is 0 Å². The molecule has 5 nitrogen and oxygen atoms in total. The van der Waals surface area contributed by atoms with Gasteiger partial charge in [-0.25, -0.2) is 0 Å². The lowest BCUT2D eigenvalue weighted by atomic mass is 10.1. The van der Waals surface area contributed by atoms with Crippen LogP contribution < -0.4 is 10.2 Å². The molecule has 0 bridgehead atoms. The zero-order chi connectivity index (χ0) is 17.8. The molecule has 5 heteroatoms. The molecule has 1 aliphatic heterocycles. The van der Waals surface area contributed by atoms with Gasteiger partial charge in [0.25, 0.3) is 5.91 Å². The Kier molecular flexibility index (Phi) is 5.74. The van der Waals surface area contributed by atoms with Crippen LogP contribution in [0.5, 0.6) is 0 Å². The number of benzene rings is 1. The molecule has 1 N–H and O–H groups in total. The molecule has 1 heterocycles. The Morgan fingerprint density at radius 2 is 1.92 bits per heavy atom. The summed E-state index contributed by atoms with van der Waals surface area (Å²) in [6.45, 7) is 6.21. The summed E-state index contributed by atoms with van der Waals surface area (Å²) in [6.07, 6.45) is 4.50. The Labute approximate surface area is 150 Å². The predicted molar refractivity (Wildman–Crippen MR) is 99.7 cm³/mol. The van der Waals surface area contributed by atoms with E-state index >= 15 is 0 Å². The maximum Gasteiger partial charge on any atom is 0.253 e. The molecule has 1 aromatic rings. The van der Waals surface area contributed by atoms with Crippen LogP contribution in [0.25, 0.3) is 0 Å². The first kappa shape index (κ1) is 17.9. The van der Waals surface area contributed by atoms with E-state index in [0.29, 0.717) is 23.7 Å². The largest absolute Gasteiger partial charge is 0.352 e. The summed E-state index contributed by atoms with van der Waals surface area (Å²) < 4.78 is 0. The van der Waals surface area contributed by atoms with Crippen LogP contribution in [0.2, 0.25) is 0 Å². The van der Waals surface area contributed by atoms with Gasteiger partial charge in [-0.05, 0) is 56.8 Å². The lowest BCUT2D eigenvalue weighted by molar-refractivity contribution is -0.119. The van der Waals surface area contributed by atoms with Gasteiger partial charge < -0.3 is 15.1 Å². The minimum Gasteiger partial charge on any atom is -0.352 e. The SMILES string of the molecule is CC(CNC(=O)c1ccccc1N(C)C(=O)C1CC1)CN1CCCC1. The molecule has 1 unspecified atom stereocenters. The van der Waals surface area contributed by atoms with Gasteiger partial charge in [0.05, 0.1) is 11.3 Å². The maximum absolute atomic E-state index is 12.7. The smallest absolute Gasteiger partial charge is 0.253 e. The highest BCUT2D eigenvalue weighted by Crippen LogP contribution is 2.33. The number of anilines is 1. The number of hydrogen-bond donors (Lipinski definition) is 1. The predicted octanol–water partition coefficient (Wildman–Crippen LogP) is 2.52. The zero-order valence-corrected chi connectivity index (χ0v) is 15.3. The van der Waals surface area contributed by atoms with Crippen LogP contribution in [0.4, 0.5) is 5.69 Å². The number of rotatable bonds is 7.